The number of amides is 2. The van der Waals surface area contributed by atoms with Crippen LogP contribution in [0.4, 0.5) is 0 Å². The monoisotopic (exact) mass is 979 g/mol. The summed E-state index contributed by atoms with van der Waals surface area (Å²) in [5, 5.41) is 34.0. The van der Waals surface area contributed by atoms with E-state index in [0.717, 1.165) is 110 Å². The third kappa shape index (κ3) is 11.9. The second-order valence-corrected chi connectivity index (χ2v) is 22.6. The number of carbonyl (C=O) groups is 4. The summed E-state index contributed by atoms with van der Waals surface area (Å²) in [7, 11) is 1.70. The molecule has 12 nitrogen and oxygen atoms in total. The van der Waals surface area contributed by atoms with E-state index in [-0.39, 0.29) is 30.0 Å². The van der Waals surface area contributed by atoms with Crippen molar-refractivity contribution in [3.8, 4) is 11.5 Å². The number of methoxy groups -OCH3 is 1. The van der Waals surface area contributed by atoms with Crippen LogP contribution in [0.5, 0.6) is 11.5 Å². The molecule has 366 valence electrons. The van der Waals surface area contributed by atoms with Crippen molar-refractivity contribution < 1.29 is 44.0 Å². The molecule has 3 atom stereocenters. The van der Waals surface area contributed by atoms with Crippen LogP contribution < -0.4 is 20.1 Å². The van der Waals surface area contributed by atoms with Crippen LogP contribution in [0.15, 0.2) is 36.4 Å². The van der Waals surface area contributed by atoms with Gasteiger partial charge in [0.25, 0.3) is 0 Å². The molecule has 0 unspecified atom stereocenters. The SMILES string of the molecule is C.COc1ccc2c3c1O[C@H]1C[C@@H](O)C=C[C@@]31CCN(CCCCCC(=O)NC13CC4CC(CC(C4)C1)C3)C2.O=C(CCCCCBr)NC12CC3CC(CC(C3)C1)C2.O=C(O)/C=C/C(=O)O. The van der Waals surface area contributed by atoms with Crippen molar-refractivity contribution in [2.75, 3.05) is 25.5 Å². The smallest absolute Gasteiger partial charge is 0.328 e. The second kappa shape index (κ2) is 21.9. The molecule has 8 fully saturated rings. The highest BCUT2D eigenvalue weighted by Crippen LogP contribution is 2.58. The molecule has 12 rings (SSSR count). The number of nitrogens with one attached hydrogen (secondary N) is 2. The number of hydrogen-bond donors (Lipinski definition) is 5. The van der Waals surface area contributed by atoms with E-state index in [1.807, 2.05) is 12.1 Å². The summed E-state index contributed by atoms with van der Waals surface area (Å²) in [6.07, 6.45) is 30.5. The topological polar surface area (TPSA) is 175 Å². The minimum absolute atomic E-state index is 0. The number of halogens is 1. The lowest BCUT2D eigenvalue weighted by Crippen LogP contribution is -2.59. The number of benzene rings is 1. The zero-order valence-corrected chi connectivity index (χ0v) is 40.2. The number of carboxylic acids is 2. The van der Waals surface area contributed by atoms with Gasteiger partial charge in [-0.2, -0.15) is 0 Å². The Balaban J connectivity index is 0.000000193. The van der Waals surface area contributed by atoms with Crippen LogP contribution in [0.2, 0.25) is 0 Å². The summed E-state index contributed by atoms with van der Waals surface area (Å²) in [4.78, 5) is 46.7. The number of ether oxygens (including phenoxy) is 2. The van der Waals surface area contributed by atoms with Gasteiger partial charge in [-0.1, -0.05) is 54.4 Å². The summed E-state index contributed by atoms with van der Waals surface area (Å²) in [6, 6.07) is 4.24. The molecule has 11 aliphatic rings. The fraction of sp³-hybridized carbons (Fsp3) is 0.736. The summed E-state index contributed by atoms with van der Waals surface area (Å²) >= 11 is 3.44. The molecule has 8 saturated carbocycles. The Morgan fingerprint density at radius 1 is 0.758 bits per heavy atom. The van der Waals surface area contributed by atoms with Gasteiger partial charge in [0, 0.05) is 59.9 Å². The Labute approximate surface area is 401 Å². The van der Waals surface area contributed by atoms with Gasteiger partial charge in [0.1, 0.15) is 6.10 Å². The van der Waals surface area contributed by atoms with Crippen molar-refractivity contribution in [1.29, 1.82) is 0 Å². The predicted octanol–water partition coefficient (Wildman–Crippen LogP) is 9.24. The first-order valence-corrected chi connectivity index (χ1v) is 26.2. The summed E-state index contributed by atoms with van der Waals surface area (Å²) in [5.41, 5.74) is 2.76. The van der Waals surface area contributed by atoms with Crippen LogP contribution in [0.1, 0.15) is 160 Å². The molecule has 66 heavy (non-hydrogen) atoms. The van der Waals surface area contributed by atoms with Gasteiger partial charge in [-0.25, -0.2) is 9.59 Å². The Morgan fingerprint density at radius 3 is 1.73 bits per heavy atom. The maximum atomic E-state index is 12.9. The number of unbranched alkanes of at least 4 members (excludes halogenated alkanes) is 4. The third-order valence-electron chi connectivity index (χ3n) is 16.7. The van der Waals surface area contributed by atoms with E-state index in [1.54, 1.807) is 7.11 Å². The molecule has 5 N–H and O–H groups in total. The molecule has 1 spiro atoms. The highest BCUT2D eigenvalue weighted by Gasteiger charge is 2.54. The van der Waals surface area contributed by atoms with Crippen LogP contribution in [-0.4, -0.2) is 92.8 Å². The molecular formula is C53H78BrN3O9. The van der Waals surface area contributed by atoms with Crippen molar-refractivity contribution in [2.45, 2.75) is 184 Å². The average molecular weight is 981 g/mol. The number of aliphatic hydroxyl groups excluding tert-OH is 1. The standard InChI is InChI=1S/C32H44N2O4.C16H26BrNO.C4H4O4.CH4/c1-37-26-7-6-24-20-34(12-10-32-9-8-25(35)16-27(32)38-30(26)29(24)32)11-4-2-3-5-28(36)33-31-17-21-13-22(18-31)15-23(14-21)19-31;17-5-3-1-2-4-15(19)18-16-9-12-6-13(10-16)8-14(7-12)11-16;5-3(6)1-2-4(7)8;/h6-9,21-23,25,27,35H,2-5,10-20H2,1H3,(H,33,36);12-14H,1-11H2,(H,18,19);1-2H,(H,5,6)(H,7,8);1H4/b;;2-1+;/t21?,22?,23?,25-,27-,31?,32-;;;/m0.../s1. The molecule has 0 saturated heterocycles. The van der Waals surface area contributed by atoms with Crippen molar-refractivity contribution in [3.05, 3.63) is 47.6 Å². The van der Waals surface area contributed by atoms with Crippen molar-refractivity contribution >= 4 is 39.7 Å². The molecule has 2 aliphatic heterocycles. The van der Waals surface area contributed by atoms with E-state index in [0.29, 0.717) is 36.8 Å². The number of carbonyl (C=O) groups excluding carboxylic acids is 2. The van der Waals surface area contributed by atoms with Crippen LogP contribution in [0, 0.1) is 35.5 Å². The Bertz CT molecular complexity index is 1860. The quantitative estimate of drug-likeness (QED) is 0.0465. The van der Waals surface area contributed by atoms with Crippen molar-refractivity contribution in [3.63, 3.8) is 0 Å². The molecule has 2 amide bonds. The highest BCUT2D eigenvalue weighted by atomic mass is 79.9. The Kier molecular flexibility index (Phi) is 16.7. The number of alkyl halides is 1. The van der Waals surface area contributed by atoms with Gasteiger partial charge in [-0.05, 0) is 169 Å². The maximum absolute atomic E-state index is 12.9. The molecule has 2 heterocycles. The molecule has 1 aromatic carbocycles. The van der Waals surface area contributed by atoms with E-state index in [9.17, 15) is 24.3 Å². The molecular weight excluding hydrogens is 902 g/mol. The fourth-order valence-corrected chi connectivity index (χ4v) is 15.3. The fourth-order valence-electron chi connectivity index (χ4n) is 14.9. The first-order chi connectivity index (χ1) is 31.3. The van der Waals surface area contributed by atoms with Gasteiger partial charge in [0.15, 0.2) is 11.5 Å². The van der Waals surface area contributed by atoms with Gasteiger partial charge >= 0.3 is 11.9 Å². The second-order valence-electron chi connectivity index (χ2n) is 21.8. The van der Waals surface area contributed by atoms with Crippen molar-refractivity contribution in [2.24, 2.45) is 35.5 Å². The first-order valence-electron chi connectivity index (χ1n) is 25.1. The van der Waals surface area contributed by atoms with Gasteiger partial charge in [-0.15, -0.1) is 0 Å². The van der Waals surface area contributed by atoms with Crippen LogP contribution in [0.25, 0.3) is 0 Å². The first kappa shape index (κ1) is 50.5. The highest BCUT2D eigenvalue weighted by molar-refractivity contribution is 9.09. The number of nitrogens with zero attached hydrogens (tertiary/aromatic N) is 1. The Morgan fingerprint density at radius 2 is 1.26 bits per heavy atom. The number of aliphatic hydroxyl groups is 1. The van der Waals surface area contributed by atoms with Crippen LogP contribution in [-0.2, 0) is 31.1 Å². The molecule has 1 aromatic rings. The van der Waals surface area contributed by atoms with E-state index in [1.165, 1.54) is 101 Å². The largest absolute Gasteiger partial charge is 0.493 e. The van der Waals surface area contributed by atoms with Crippen LogP contribution in [0.3, 0.4) is 0 Å². The van der Waals surface area contributed by atoms with Gasteiger partial charge in [-0.3, -0.25) is 14.5 Å². The molecule has 0 aromatic heterocycles. The maximum Gasteiger partial charge on any atom is 0.328 e. The zero-order chi connectivity index (χ0) is 45.8. The van der Waals surface area contributed by atoms with Crippen molar-refractivity contribution in [1.82, 2.24) is 15.5 Å². The average Bonchev–Trinajstić information content (AvgIpc) is 3.48. The Hall–Kier alpha value is -3.42. The summed E-state index contributed by atoms with van der Waals surface area (Å²) in [5.74, 6) is 5.12. The number of aliphatic carboxylic acids is 2. The lowest BCUT2D eigenvalue weighted by molar-refractivity contribution is -0.134. The number of rotatable bonds is 16. The molecule has 0 radical (unpaired) electrons. The number of hydrogen-bond acceptors (Lipinski definition) is 8. The van der Waals surface area contributed by atoms with Gasteiger partial charge in [0.05, 0.1) is 18.6 Å². The number of carboxylic acid groups (broad SMARTS) is 2. The van der Waals surface area contributed by atoms with Crippen LogP contribution >= 0.6 is 15.9 Å². The zero-order valence-electron chi connectivity index (χ0n) is 38.6. The van der Waals surface area contributed by atoms with Gasteiger partial charge < -0.3 is 35.4 Å². The lowest BCUT2D eigenvalue weighted by Gasteiger charge is -2.57. The van der Waals surface area contributed by atoms with E-state index >= 15 is 0 Å². The molecule has 13 heteroatoms. The normalized spacial score (nSPS) is 34.6. The van der Waals surface area contributed by atoms with Gasteiger partial charge in [0.2, 0.25) is 11.8 Å². The minimum Gasteiger partial charge on any atom is -0.493 e. The minimum atomic E-state index is -1.26. The molecule has 8 bridgehead atoms. The molecule has 9 aliphatic carbocycles. The summed E-state index contributed by atoms with van der Waals surface area (Å²) in [6.45, 7) is 2.96. The third-order valence-corrected chi connectivity index (χ3v) is 17.3. The summed E-state index contributed by atoms with van der Waals surface area (Å²) < 4.78 is 12.1. The van der Waals surface area contributed by atoms with E-state index in [4.69, 9.17) is 19.7 Å². The van der Waals surface area contributed by atoms with E-state index < -0.39 is 18.0 Å². The van der Waals surface area contributed by atoms with E-state index in [2.05, 4.69) is 43.6 Å². The predicted molar refractivity (Wildman–Crippen MR) is 259 cm³/mol. The lowest BCUT2D eigenvalue weighted by atomic mass is 9.53.